The summed E-state index contributed by atoms with van der Waals surface area (Å²) in [4.78, 5) is 0. The van der Waals surface area contributed by atoms with Crippen LogP contribution in [0, 0.1) is 11.3 Å². The van der Waals surface area contributed by atoms with Crippen LogP contribution < -0.4 is 0 Å². The summed E-state index contributed by atoms with van der Waals surface area (Å²) in [5.41, 5.74) is 2.33. The van der Waals surface area contributed by atoms with Gasteiger partial charge in [0.05, 0.1) is 12.5 Å². The van der Waals surface area contributed by atoms with Gasteiger partial charge in [-0.25, -0.2) is 0 Å². The molecule has 2 aromatic rings. The van der Waals surface area contributed by atoms with E-state index in [2.05, 4.69) is 35.8 Å². The van der Waals surface area contributed by atoms with Crippen LogP contribution in [0.3, 0.4) is 0 Å². The number of hydrogen-bond acceptors (Lipinski definition) is 1. The first-order valence-electron chi connectivity index (χ1n) is 4.81. The quantitative estimate of drug-likeness (QED) is 0.705. The molecule has 0 bridgehead atoms. The molecule has 0 fully saturated rings. The number of nitriles is 1. The van der Waals surface area contributed by atoms with Crippen LogP contribution in [0.4, 0.5) is 0 Å². The van der Waals surface area contributed by atoms with Crippen molar-refractivity contribution in [1.82, 2.24) is 4.57 Å². The van der Waals surface area contributed by atoms with Crippen molar-refractivity contribution in [3.63, 3.8) is 0 Å². The first-order valence-corrected chi connectivity index (χ1v) is 4.81. The fourth-order valence-corrected chi connectivity index (χ4v) is 1.87. The highest BCUT2D eigenvalue weighted by Gasteiger charge is 2.05. The van der Waals surface area contributed by atoms with Crippen LogP contribution in [0.5, 0.6) is 0 Å². The summed E-state index contributed by atoms with van der Waals surface area (Å²) in [5, 5.41) is 9.92. The number of hydrogen-bond donors (Lipinski definition) is 0. The molecule has 0 saturated heterocycles. The van der Waals surface area contributed by atoms with E-state index in [0.29, 0.717) is 6.42 Å². The zero-order valence-corrected chi connectivity index (χ0v) is 8.20. The summed E-state index contributed by atoms with van der Waals surface area (Å²) in [6.07, 6.45) is 0.489. The molecule has 1 aromatic carbocycles. The molecule has 2 heteroatoms. The Hall–Kier alpha value is -1.75. The Balaban J connectivity index is 2.67. The fraction of sp³-hybridized carbons (Fsp3) is 0.250. The Morgan fingerprint density at radius 2 is 2.14 bits per heavy atom. The van der Waals surface area contributed by atoms with E-state index in [9.17, 15) is 0 Å². The zero-order valence-electron chi connectivity index (χ0n) is 8.20. The van der Waals surface area contributed by atoms with Gasteiger partial charge in [0.15, 0.2) is 0 Å². The van der Waals surface area contributed by atoms with Crippen LogP contribution in [0.1, 0.15) is 12.6 Å². The molecule has 0 aliphatic rings. The number of rotatable bonds is 2. The lowest BCUT2D eigenvalue weighted by atomic mass is 10.2. The van der Waals surface area contributed by atoms with Crippen LogP contribution in [0.2, 0.25) is 0 Å². The lowest BCUT2D eigenvalue weighted by Crippen LogP contribution is -1.98. The summed E-state index contributed by atoms with van der Waals surface area (Å²) in [5.74, 6) is 0. The predicted molar refractivity (Wildman–Crippen MR) is 56.9 cm³/mol. The summed E-state index contributed by atoms with van der Waals surface area (Å²) in [7, 11) is 0. The van der Waals surface area contributed by atoms with E-state index in [-0.39, 0.29) is 0 Å². The Morgan fingerprint density at radius 3 is 2.86 bits per heavy atom. The lowest BCUT2D eigenvalue weighted by Gasteiger charge is -2.03. The lowest BCUT2D eigenvalue weighted by molar-refractivity contribution is 0.758. The number of nitrogens with zero attached hydrogens (tertiary/aromatic N) is 2. The first-order chi connectivity index (χ1) is 6.86. The number of fused-ring (bicyclic) bond motifs is 1. The van der Waals surface area contributed by atoms with Gasteiger partial charge in [0, 0.05) is 17.8 Å². The van der Waals surface area contributed by atoms with Crippen LogP contribution in [-0.4, -0.2) is 4.57 Å². The van der Waals surface area contributed by atoms with E-state index in [1.54, 1.807) is 0 Å². The van der Waals surface area contributed by atoms with Crippen molar-refractivity contribution in [2.45, 2.75) is 19.9 Å². The number of aromatic nitrogens is 1. The second-order valence-electron chi connectivity index (χ2n) is 3.27. The van der Waals surface area contributed by atoms with E-state index in [1.807, 2.05) is 12.1 Å². The molecule has 0 aliphatic carbocycles. The SMILES string of the molecule is CCn1c(CC#N)cc2ccccc21. The number of para-hydroxylation sites is 1. The largest absolute Gasteiger partial charge is 0.344 e. The number of benzene rings is 1. The van der Waals surface area contributed by atoms with E-state index >= 15 is 0 Å². The Kier molecular flexibility index (Phi) is 2.24. The average molecular weight is 184 g/mol. The highest BCUT2D eigenvalue weighted by Crippen LogP contribution is 2.19. The molecule has 0 amide bonds. The van der Waals surface area contributed by atoms with Crippen LogP contribution in [0.15, 0.2) is 30.3 Å². The minimum Gasteiger partial charge on any atom is -0.344 e. The monoisotopic (exact) mass is 184 g/mol. The van der Waals surface area contributed by atoms with E-state index in [0.717, 1.165) is 12.2 Å². The molecule has 0 radical (unpaired) electrons. The summed E-state index contributed by atoms with van der Waals surface area (Å²) in [6.45, 7) is 3.03. The second-order valence-corrected chi connectivity index (χ2v) is 3.27. The van der Waals surface area contributed by atoms with Crippen LogP contribution in [-0.2, 0) is 13.0 Å². The van der Waals surface area contributed by atoms with Crippen molar-refractivity contribution < 1.29 is 0 Å². The summed E-state index contributed by atoms with van der Waals surface area (Å²) < 4.78 is 2.19. The van der Waals surface area contributed by atoms with Crippen molar-refractivity contribution in [2.75, 3.05) is 0 Å². The van der Waals surface area contributed by atoms with Gasteiger partial charge in [-0.2, -0.15) is 5.26 Å². The molecular formula is C12H12N2. The Morgan fingerprint density at radius 1 is 1.36 bits per heavy atom. The normalized spacial score (nSPS) is 10.3. The minimum absolute atomic E-state index is 0.489. The molecule has 0 unspecified atom stereocenters. The zero-order chi connectivity index (χ0) is 9.97. The molecule has 2 rings (SSSR count). The third kappa shape index (κ3) is 1.27. The number of aryl methyl sites for hydroxylation is 1. The standard InChI is InChI=1S/C12H12N2/c1-2-14-11(7-8-13)9-10-5-3-4-6-12(10)14/h3-6,9H,2,7H2,1H3. The highest BCUT2D eigenvalue weighted by atomic mass is 15.0. The molecule has 2 nitrogen and oxygen atoms in total. The van der Waals surface area contributed by atoms with Gasteiger partial charge in [0.1, 0.15) is 0 Å². The third-order valence-corrected chi connectivity index (χ3v) is 2.47. The smallest absolute Gasteiger partial charge is 0.0754 e. The van der Waals surface area contributed by atoms with Gasteiger partial charge in [-0.1, -0.05) is 18.2 Å². The maximum atomic E-state index is 8.70. The summed E-state index contributed by atoms with van der Waals surface area (Å²) in [6, 6.07) is 12.5. The molecule has 0 saturated carbocycles. The molecule has 0 atom stereocenters. The summed E-state index contributed by atoms with van der Waals surface area (Å²) >= 11 is 0. The van der Waals surface area contributed by atoms with Crippen molar-refractivity contribution in [2.24, 2.45) is 0 Å². The van der Waals surface area contributed by atoms with Gasteiger partial charge in [0.2, 0.25) is 0 Å². The van der Waals surface area contributed by atoms with Crippen LogP contribution in [0.25, 0.3) is 10.9 Å². The van der Waals surface area contributed by atoms with Crippen molar-refractivity contribution >= 4 is 10.9 Å². The second kappa shape index (κ2) is 3.55. The molecule has 1 aromatic heterocycles. The molecule has 14 heavy (non-hydrogen) atoms. The molecule has 70 valence electrons. The molecule has 0 aliphatic heterocycles. The van der Waals surface area contributed by atoms with Crippen molar-refractivity contribution in [3.05, 3.63) is 36.0 Å². The van der Waals surface area contributed by atoms with Gasteiger partial charge < -0.3 is 4.57 Å². The van der Waals surface area contributed by atoms with Gasteiger partial charge >= 0.3 is 0 Å². The third-order valence-electron chi connectivity index (χ3n) is 2.47. The van der Waals surface area contributed by atoms with Gasteiger partial charge in [-0.3, -0.25) is 0 Å². The maximum absolute atomic E-state index is 8.70. The van der Waals surface area contributed by atoms with E-state index in [4.69, 9.17) is 5.26 Å². The fourth-order valence-electron chi connectivity index (χ4n) is 1.87. The first kappa shape index (κ1) is 8.83. The minimum atomic E-state index is 0.489. The van der Waals surface area contributed by atoms with Crippen LogP contribution >= 0.6 is 0 Å². The highest BCUT2D eigenvalue weighted by molar-refractivity contribution is 5.81. The molecule has 0 spiro atoms. The maximum Gasteiger partial charge on any atom is 0.0754 e. The average Bonchev–Trinajstić information content (AvgIpc) is 2.55. The van der Waals surface area contributed by atoms with E-state index < -0.39 is 0 Å². The van der Waals surface area contributed by atoms with Gasteiger partial charge in [0.25, 0.3) is 0 Å². The molecule has 1 heterocycles. The van der Waals surface area contributed by atoms with Gasteiger partial charge in [-0.05, 0) is 24.4 Å². The Bertz CT molecular complexity index is 488. The van der Waals surface area contributed by atoms with Crippen molar-refractivity contribution in [1.29, 1.82) is 5.26 Å². The van der Waals surface area contributed by atoms with E-state index in [1.165, 1.54) is 10.9 Å². The topological polar surface area (TPSA) is 28.7 Å². The molecule has 0 N–H and O–H groups in total. The Labute approximate surface area is 83.4 Å². The predicted octanol–water partition coefficient (Wildman–Crippen LogP) is 2.73. The van der Waals surface area contributed by atoms with Gasteiger partial charge in [-0.15, -0.1) is 0 Å². The van der Waals surface area contributed by atoms with Crippen molar-refractivity contribution in [3.8, 4) is 6.07 Å². The molecular weight excluding hydrogens is 172 g/mol.